The first kappa shape index (κ1) is 102. The van der Waals surface area contributed by atoms with Crippen LogP contribution in [0.2, 0.25) is 0 Å². The lowest BCUT2D eigenvalue weighted by Gasteiger charge is -2.21. The van der Waals surface area contributed by atoms with Gasteiger partial charge in [-0.3, -0.25) is 37.3 Å². The van der Waals surface area contributed by atoms with E-state index >= 15 is 0 Å². The van der Waals surface area contributed by atoms with Gasteiger partial charge in [-0.1, -0.05) is 281 Å². The number of hydrogen-bond donors (Lipinski definition) is 3. The molecule has 0 aromatic carbocycles. The topological polar surface area (TPSA) is 237 Å². The van der Waals surface area contributed by atoms with E-state index in [4.69, 9.17) is 37.0 Å². The first-order valence-electron chi connectivity index (χ1n) is 41.0. The van der Waals surface area contributed by atoms with E-state index in [9.17, 15) is 43.2 Å². The van der Waals surface area contributed by atoms with Crippen molar-refractivity contribution in [1.29, 1.82) is 0 Å². The Labute approximate surface area is 654 Å². The zero-order valence-corrected chi connectivity index (χ0v) is 68.7. The second-order valence-corrected chi connectivity index (χ2v) is 29.5. The molecule has 0 aliphatic carbocycles. The Morgan fingerprint density at radius 1 is 0.269 bits per heavy atom. The highest BCUT2D eigenvalue weighted by molar-refractivity contribution is 7.47. The van der Waals surface area contributed by atoms with Crippen LogP contribution >= 0.6 is 15.6 Å². The van der Waals surface area contributed by atoms with Gasteiger partial charge in [0, 0.05) is 25.7 Å². The summed E-state index contributed by atoms with van der Waals surface area (Å²) in [6.07, 6.45) is 95.9. The molecule has 2 unspecified atom stereocenters. The molecule has 0 bridgehead atoms. The van der Waals surface area contributed by atoms with E-state index in [0.717, 1.165) is 173 Å². The van der Waals surface area contributed by atoms with Crippen molar-refractivity contribution in [1.82, 2.24) is 0 Å². The van der Waals surface area contributed by atoms with E-state index in [1.807, 2.05) is 18.2 Å². The quantitative estimate of drug-likeness (QED) is 0.0169. The van der Waals surface area contributed by atoms with Gasteiger partial charge in [0.1, 0.15) is 19.3 Å². The summed E-state index contributed by atoms with van der Waals surface area (Å²) in [5, 5.41) is 10.7. The zero-order chi connectivity index (χ0) is 78.9. The summed E-state index contributed by atoms with van der Waals surface area (Å²) in [6, 6.07) is 0. The lowest BCUT2D eigenvalue weighted by Crippen LogP contribution is -2.30. The summed E-state index contributed by atoms with van der Waals surface area (Å²) >= 11 is 0. The number of carbonyl (C=O) groups excluding carboxylic acids is 4. The fourth-order valence-electron chi connectivity index (χ4n) is 10.2. The summed E-state index contributed by atoms with van der Waals surface area (Å²) in [5.41, 5.74) is 0. The minimum Gasteiger partial charge on any atom is -0.462 e. The van der Waals surface area contributed by atoms with Crippen LogP contribution in [-0.4, -0.2) is 96.7 Å². The zero-order valence-electron chi connectivity index (χ0n) is 66.9. The fourth-order valence-corrected chi connectivity index (χ4v) is 11.7. The van der Waals surface area contributed by atoms with Gasteiger partial charge in [-0.05, 0) is 173 Å². The third kappa shape index (κ3) is 78.3. The lowest BCUT2D eigenvalue weighted by molar-refractivity contribution is -0.161. The Balaban J connectivity index is 5.51. The summed E-state index contributed by atoms with van der Waals surface area (Å²) in [5.74, 6) is -2.35. The van der Waals surface area contributed by atoms with Crippen molar-refractivity contribution in [2.24, 2.45) is 0 Å². The molecule has 5 atom stereocenters. The summed E-state index contributed by atoms with van der Waals surface area (Å²) in [6.45, 7) is 4.43. The van der Waals surface area contributed by atoms with Crippen LogP contribution in [0.4, 0.5) is 0 Å². The molecule has 0 aromatic rings. The van der Waals surface area contributed by atoms with Crippen LogP contribution in [0.15, 0.2) is 182 Å². The molecule has 612 valence electrons. The van der Waals surface area contributed by atoms with Crippen molar-refractivity contribution >= 4 is 39.5 Å². The average molecular weight is 1550 g/mol. The summed E-state index contributed by atoms with van der Waals surface area (Å²) in [4.78, 5) is 73.1. The Bertz CT molecular complexity index is 2760. The number of esters is 4. The third-order valence-electron chi connectivity index (χ3n) is 16.3. The SMILES string of the molecule is CC/C=C\C/C=C\C/C=C\C/C=C\C/C=C\C/C=C\CCC(=O)O[C@H](COC(=O)CCCCCCC/C=C\C/C=C\CCCCC)COP(=O)(O)OC[C@H](O)COP(=O)(O)OC[C@@H](COC(=O)CCCCC/C=C\C/C=C\C/C=C\C/C=C\C/C=C\CC)OC(=O)CCCCCCC/C=C\C/C=C\CCCCC. The Morgan fingerprint density at radius 3 is 0.806 bits per heavy atom. The Hall–Kier alpha value is -5.84. The number of hydrogen-bond acceptors (Lipinski definition) is 15. The van der Waals surface area contributed by atoms with E-state index in [1.54, 1.807) is 0 Å². The van der Waals surface area contributed by atoms with E-state index in [2.05, 4.69) is 192 Å². The number of aliphatic hydroxyl groups excluding tert-OH is 1. The smallest absolute Gasteiger partial charge is 0.462 e. The van der Waals surface area contributed by atoms with Crippen LogP contribution in [0.1, 0.15) is 297 Å². The second kappa shape index (κ2) is 79.3. The predicted octanol–water partition coefficient (Wildman–Crippen LogP) is 24.3. The molecule has 17 nitrogen and oxygen atoms in total. The molecule has 3 N–H and O–H groups in total. The fraction of sp³-hybridized carbons (Fsp3) is 0.618. The summed E-state index contributed by atoms with van der Waals surface area (Å²) in [7, 11) is -10.0. The molecule has 0 aromatic heterocycles. The highest BCUT2D eigenvalue weighted by atomic mass is 31.2. The molecule has 0 radical (unpaired) electrons. The Kier molecular flexibility index (Phi) is 75.0. The normalized spacial score (nSPS) is 14.8. The van der Waals surface area contributed by atoms with Crippen molar-refractivity contribution in [3.8, 4) is 0 Å². The average Bonchev–Trinajstić information content (AvgIpc) is 0.899. The number of allylic oxidation sites excluding steroid dienone is 30. The van der Waals surface area contributed by atoms with Crippen LogP contribution < -0.4 is 0 Å². The molecule has 108 heavy (non-hydrogen) atoms. The predicted molar refractivity (Wildman–Crippen MR) is 445 cm³/mol. The van der Waals surface area contributed by atoms with Crippen molar-refractivity contribution in [3.63, 3.8) is 0 Å². The minimum atomic E-state index is -5.01. The number of unbranched alkanes of at least 4 members (excludes halogenated alkanes) is 19. The van der Waals surface area contributed by atoms with Gasteiger partial charge in [0.15, 0.2) is 12.2 Å². The molecule has 0 saturated carbocycles. The van der Waals surface area contributed by atoms with Gasteiger partial charge in [-0.15, -0.1) is 0 Å². The van der Waals surface area contributed by atoms with Gasteiger partial charge in [0.25, 0.3) is 0 Å². The summed E-state index contributed by atoms with van der Waals surface area (Å²) < 4.78 is 68.6. The van der Waals surface area contributed by atoms with Gasteiger partial charge in [-0.25, -0.2) is 9.13 Å². The first-order chi connectivity index (χ1) is 52.7. The first-order valence-corrected chi connectivity index (χ1v) is 44.0. The van der Waals surface area contributed by atoms with E-state index in [0.29, 0.717) is 32.1 Å². The second-order valence-electron chi connectivity index (χ2n) is 26.6. The number of ether oxygens (including phenoxy) is 4. The van der Waals surface area contributed by atoms with Crippen LogP contribution in [-0.2, 0) is 65.4 Å². The minimum absolute atomic E-state index is 0.0406. The standard InChI is InChI=1S/C89H144O17P2/c1-5-9-13-17-21-25-29-33-37-39-41-43-47-50-54-58-62-66-70-74-87(92)100-80-84(105-88(93)75-71-67-63-59-55-51-46-36-32-28-24-20-16-12-8-4)81-103-107(95,96)101-77-83(90)78-102-108(97,98)104-82-85(79-99-86(91)73-69-65-61-57-53-49-45-35-31-27-23-19-15-11-7-3)106-89(94)76-72-68-64-60-56-52-48-44-42-40-38-34-30-26-22-18-14-10-6-2/h9-10,13-14,21-28,33-38,41-46,50,52,54,56,64,68,83-85,90H,5-8,11-12,15-20,29-32,39-40,47-49,51,53,55,57-63,65-67,69-82H2,1-4H3,(H,95,96)(H,97,98)/b13-9-,14-10-,25-21-,26-22-,27-23-,28-24-,37-33-,38-34-,43-41-,44-42-,45-35-,46-36-,54-50-,56-52-,68-64-/t83-,84-,85-/m1/s1. The molecule has 0 amide bonds. The number of carbonyl (C=O) groups is 4. The number of phosphoric acid groups is 2. The molecule has 0 rings (SSSR count). The van der Waals surface area contributed by atoms with Crippen molar-refractivity contribution < 1.29 is 80.2 Å². The lowest BCUT2D eigenvalue weighted by atomic mass is 10.1. The monoisotopic (exact) mass is 1550 g/mol. The van der Waals surface area contributed by atoms with Gasteiger partial charge >= 0.3 is 39.5 Å². The molecule has 0 aliphatic heterocycles. The van der Waals surface area contributed by atoms with Gasteiger partial charge in [0.2, 0.25) is 0 Å². The van der Waals surface area contributed by atoms with Gasteiger partial charge < -0.3 is 33.8 Å². The van der Waals surface area contributed by atoms with Gasteiger partial charge in [-0.2, -0.15) is 0 Å². The number of aliphatic hydroxyl groups is 1. The molecular weight excluding hydrogens is 1400 g/mol. The van der Waals surface area contributed by atoms with E-state index in [-0.39, 0.29) is 25.7 Å². The maximum absolute atomic E-state index is 13.1. The highest BCUT2D eigenvalue weighted by Gasteiger charge is 2.30. The molecule has 0 aliphatic rings. The van der Waals surface area contributed by atoms with E-state index < -0.39 is 97.5 Å². The van der Waals surface area contributed by atoms with E-state index in [1.165, 1.54) is 38.5 Å². The highest BCUT2D eigenvalue weighted by Crippen LogP contribution is 2.45. The molecule has 0 fully saturated rings. The maximum Gasteiger partial charge on any atom is 0.472 e. The Morgan fingerprint density at radius 2 is 0.500 bits per heavy atom. The molecule has 0 spiro atoms. The number of phosphoric ester groups is 2. The van der Waals surface area contributed by atoms with Crippen molar-refractivity contribution in [2.75, 3.05) is 39.6 Å². The van der Waals surface area contributed by atoms with Crippen molar-refractivity contribution in [2.45, 2.75) is 316 Å². The van der Waals surface area contributed by atoms with Crippen LogP contribution in [0, 0.1) is 0 Å². The van der Waals surface area contributed by atoms with Crippen LogP contribution in [0.5, 0.6) is 0 Å². The largest absolute Gasteiger partial charge is 0.472 e. The van der Waals surface area contributed by atoms with Crippen LogP contribution in [0.25, 0.3) is 0 Å². The third-order valence-corrected chi connectivity index (χ3v) is 18.2. The van der Waals surface area contributed by atoms with Crippen molar-refractivity contribution in [3.05, 3.63) is 182 Å². The molecule has 19 heteroatoms. The van der Waals surface area contributed by atoms with Gasteiger partial charge in [0.05, 0.1) is 26.4 Å². The maximum atomic E-state index is 13.1. The van der Waals surface area contributed by atoms with Crippen LogP contribution in [0.3, 0.4) is 0 Å². The molecular formula is C89H144O17P2. The molecule has 0 saturated heterocycles. The molecule has 0 heterocycles. The number of rotatable bonds is 75.